The smallest absolute Gasteiger partial charge is 0.223 e. The average Bonchev–Trinajstić information content (AvgIpc) is 3.05. The molecule has 3 heteroatoms. The van der Waals surface area contributed by atoms with E-state index in [9.17, 15) is 4.79 Å². The third kappa shape index (κ3) is 4.23. The van der Waals surface area contributed by atoms with E-state index in [4.69, 9.17) is 0 Å². The van der Waals surface area contributed by atoms with Crippen molar-refractivity contribution in [3.63, 3.8) is 0 Å². The van der Waals surface area contributed by atoms with E-state index in [-0.39, 0.29) is 6.04 Å². The van der Waals surface area contributed by atoms with Crippen molar-refractivity contribution in [3.05, 3.63) is 70.2 Å². The van der Waals surface area contributed by atoms with E-state index in [1.807, 2.05) is 12.1 Å². The van der Waals surface area contributed by atoms with Gasteiger partial charge in [0.2, 0.25) is 5.91 Å². The van der Waals surface area contributed by atoms with Crippen molar-refractivity contribution >= 4 is 21.8 Å². The largest absolute Gasteiger partial charge is 0.336 e. The maximum Gasteiger partial charge on any atom is 0.223 e. The van der Waals surface area contributed by atoms with Gasteiger partial charge >= 0.3 is 0 Å². The highest BCUT2D eigenvalue weighted by atomic mass is 79.9. The number of carbonyl (C=O) groups excluding carboxylic acids is 1. The van der Waals surface area contributed by atoms with E-state index in [2.05, 4.69) is 63.3 Å². The predicted molar refractivity (Wildman–Crippen MR) is 97.2 cm³/mol. The van der Waals surface area contributed by atoms with Gasteiger partial charge < -0.3 is 4.90 Å². The number of carbonyl (C=O) groups is 1. The minimum atomic E-state index is 0.247. The average molecular weight is 372 g/mol. The number of hydrogen-bond donors (Lipinski definition) is 0. The molecule has 1 unspecified atom stereocenters. The van der Waals surface area contributed by atoms with Gasteiger partial charge in [-0.1, -0.05) is 58.4 Å². The standard InChI is InChI=1S/C20H22BrNO/c21-18-11-5-10-17(15-18)19-12-6-14-22(19)20(23)13-4-9-16-7-2-1-3-8-16/h1-3,5,7-8,10-11,15,19H,4,6,9,12-14H2. The lowest BCUT2D eigenvalue weighted by atomic mass is 10.0. The molecule has 3 rings (SSSR count). The fourth-order valence-electron chi connectivity index (χ4n) is 3.36. The second-order valence-electron chi connectivity index (χ2n) is 6.14. The van der Waals surface area contributed by atoms with E-state index < -0.39 is 0 Å². The lowest BCUT2D eigenvalue weighted by Crippen LogP contribution is -2.30. The van der Waals surface area contributed by atoms with Crippen LogP contribution in [0, 0.1) is 0 Å². The van der Waals surface area contributed by atoms with Gasteiger partial charge in [0.05, 0.1) is 6.04 Å². The SMILES string of the molecule is O=C(CCCc1ccccc1)N1CCCC1c1cccc(Br)c1. The first kappa shape index (κ1) is 16.3. The molecule has 1 saturated heterocycles. The quantitative estimate of drug-likeness (QED) is 0.712. The van der Waals surface area contributed by atoms with Crippen LogP contribution in [0.25, 0.3) is 0 Å². The molecular weight excluding hydrogens is 350 g/mol. The second kappa shape index (κ2) is 7.78. The zero-order valence-corrected chi connectivity index (χ0v) is 14.8. The summed E-state index contributed by atoms with van der Waals surface area (Å²) < 4.78 is 1.08. The van der Waals surface area contributed by atoms with Crippen LogP contribution in [0.5, 0.6) is 0 Å². The monoisotopic (exact) mass is 371 g/mol. The van der Waals surface area contributed by atoms with Crippen molar-refractivity contribution in [2.24, 2.45) is 0 Å². The predicted octanol–water partition coefficient (Wildman–Crippen LogP) is 5.14. The summed E-state index contributed by atoms with van der Waals surface area (Å²) >= 11 is 3.53. The molecule has 0 aromatic heterocycles. The highest BCUT2D eigenvalue weighted by Gasteiger charge is 2.29. The Labute approximate surface area is 146 Å². The maximum atomic E-state index is 12.6. The van der Waals surface area contributed by atoms with E-state index in [1.165, 1.54) is 11.1 Å². The molecule has 1 fully saturated rings. The Morgan fingerprint density at radius 2 is 1.96 bits per heavy atom. The molecule has 23 heavy (non-hydrogen) atoms. The number of aryl methyl sites for hydroxylation is 1. The van der Waals surface area contributed by atoms with Gasteiger partial charge in [-0.3, -0.25) is 4.79 Å². The summed E-state index contributed by atoms with van der Waals surface area (Å²) in [5, 5.41) is 0. The van der Waals surface area contributed by atoms with Crippen molar-refractivity contribution in [2.45, 2.75) is 38.1 Å². The summed E-state index contributed by atoms with van der Waals surface area (Å²) in [4.78, 5) is 14.7. The summed E-state index contributed by atoms with van der Waals surface area (Å²) in [6, 6.07) is 19.0. The lowest BCUT2D eigenvalue weighted by Gasteiger charge is -2.25. The third-order valence-electron chi connectivity index (χ3n) is 4.51. The van der Waals surface area contributed by atoms with Gasteiger partial charge in [0.15, 0.2) is 0 Å². The minimum absolute atomic E-state index is 0.247. The molecule has 1 heterocycles. The fraction of sp³-hybridized carbons (Fsp3) is 0.350. The molecule has 1 amide bonds. The zero-order valence-electron chi connectivity index (χ0n) is 13.2. The van der Waals surface area contributed by atoms with Crippen LogP contribution in [0.15, 0.2) is 59.1 Å². The normalized spacial score (nSPS) is 17.4. The summed E-state index contributed by atoms with van der Waals surface area (Å²) in [6.07, 6.45) is 4.70. The van der Waals surface area contributed by atoms with Crippen LogP contribution < -0.4 is 0 Å². The molecule has 1 aliphatic heterocycles. The number of hydrogen-bond acceptors (Lipinski definition) is 1. The molecule has 0 bridgehead atoms. The van der Waals surface area contributed by atoms with E-state index in [0.717, 1.165) is 36.7 Å². The van der Waals surface area contributed by atoms with Crippen molar-refractivity contribution < 1.29 is 4.79 Å². The van der Waals surface area contributed by atoms with Crippen molar-refractivity contribution in [1.82, 2.24) is 4.90 Å². The van der Waals surface area contributed by atoms with Gasteiger partial charge in [0, 0.05) is 17.4 Å². The Morgan fingerprint density at radius 3 is 2.74 bits per heavy atom. The Morgan fingerprint density at radius 1 is 1.13 bits per heavy atom. The molecule has 120 valence electrons. The van der Waals surface area contributed by atoms with Gasteiger partial charge in [0.25, 0.3) is 0 Å². The molecule has 2 aromatic rings. The Kier molecular flexibility index (Phi) is 5.50. The van der Waals surface area contributed by atoms with Crippen LogP contribution in [0.4, 0.5) is 0 Å². The number of benzene rings is 2. The molecule has 0 aliphatic carbocycles. The molecule has 0 N–H and O–H groups in total. The number of likely N-dealkylation sites (tertiary alicyclic amines) is 1. The van der Waals surface area contributed by atoms with E-state index >= 15 is 0 Å². The molecular formula is C20H22BrNO. The van der Waals surface area contributed by atoms with Crippen LogP contribution in [0.3, 0.4) is 0 Å². The van der Waals surface area contributed by atoms with Crippen LogP contribution in [-0.4, -0.2) is 17.4 Å². The van der Waals surface area contributed by atoms with Gasteiger partial charge in [-0.25, -0.2) is 0 Å². The first-order valence-corrected chi connectivity index (χ1v) is 9.12. The Balaban J connectivity index is 1.58. The number of amides is 1. The molecule has 0 radical (unpaired) electrons. The molecule has 2 aromatic carbocycles. The minimum Gasteiger partial charge on any atom is -0.336 e. The second-order valence-corrected chi connectivity index (χ2v) is 7.05. The van der Waals surface area contributed by atoms with Gasteiger partial charge in [0.1, 0.15) is 0 Å². The highest BCUT2D eigenvalue weighted by molar-refractivity contribution is 9.10. The van der Waals surface area contributed by atoms with Crippen molar-refractivity contribution in [3.8, 4) is 0 Å². The molecule has 1 aliphatic rings. The van der Waals surface area contributed by atoms with Crippen LogP contribution >= 0.6 is 15.9 Å². The Bertz CT molecular complexity index is 656. The molecule has 0 spiro atoms. The van der Waals surface area contributed by atoms with Crippen molar-refractivity contribution in [1.29, 1.82) is 0 Å². The summed E-state index contributed by atoms with van der Waals surface area (Å²) in [6.45, 7) is 0.890. The summed E-state index contributed by atoms with van der Waals surface area (Å²) in [5.41, 5.74) is 2.55. The number of nitrogens with zero attached hydrogens (tertiary/aromatic N) is 1. The first-order chi connectivity index (χ1) is 11.2. The summed E-state index contributed by atoms with van der Waals surface area (Å²) in [5.74, 6) is 0.295. The fourth-order valence-corrected chi connectivity index (χ4v) is 3.77. The van der Waals surface area contributed by atoms with Crippen LogP contribution in [0.2, 0.25) is 0 Å². The van der Waals surface area contributed by atoms with Crippen molar-refractivity contribution in [2.75, 3.05) is 6.54 Å². The first-order valence-electron chi connectivity index (χ1n) is 8.33. The molecule has 1 atom stereocenters. The van der Waals surface area contributed by atoms with Gasteiger partial charge in [-0.2, -0.15) is 0 Å². The molecule has 2 nitrogen and oxygen atoms in total. The zero-order chi connectivity index (χ0) is 16.1. The Hall–Kier alpha value is -1.61. The molecule has 0 saturated carbocycles. The summed E-state index contributed by atoms with van der Waals surface area (Å²) in [7, 11) is 0. The topological polar surface area (TPSA) is 20.3 Å². The maximum absolute atomic E-state index is 12.6. The van der Waals surface area contributed by atoms with Crippen LogP contribution in [-0.2, 0) is 11.2 Å². The van der Waals surface area contributed by atoms with E-state index in [1.54, 1.807) is 0 Å². The lowest BCUT2D eigenvalue weighted by molar-refractivity contribution is -0.132. The van der Waals surface area contributed by atoms with Gasteiger partial charge in [-0.15, -0.1) is 0 Å². The van der Waals surface area contributed by atoms with E-state index in [0.29, 0.717) is 12.3 Å². The highest BCUT2D eigenvalue weighted by Crippen LogP contribution is 2.33. The van der Waals surface area contributed by atoms with Gasteiger partial charge in [-0.05, 0) is 48.9 Å². The number of halogens is 1. The third-order valence-corrected chi connectivity index (χ3v) is 5.00. The number of rotatable bonds is 5. The van der Waals surface area contributed by atoms with Crippen LogP contribution in [0.1, 0.15) is 42.9 Å².